The Bertz CT molecular complexity index is 576. The number of carboxylic acid groups (broad SMARTS) is 1. The largest absolute Gasteiger partial charge is 0.481 e. The lowest BCUT2D eigenvalue weighted by molar-refractivity contribution is -0.137. The maximum absolute atomic E-state index is 13.6. The highest BCUT2D eigenvalue weighted by Gasteiger charge is 2.16. The minimum atomic E-state index is -0.856. The van der Waals surface area contributed by atoms with Gasteiger partial charge in [-0.15, -0.1) is 0 Å². The summed E-state index contributed by atoms with van der Waals surface area (Å²) in [6, 6.07) is 2.79. The summed E-state index contributed by atoms with van der Waals surface area (Å²) in [5.74, 6) is -0.712. The van der Waals surface area contributed by atoms with Gasteiger partial charge in [0.15, 0.2) is 6.79 Å². The van der Waals surface area contributed by atoms with E-state index in [4.69, 9.17) is 14.6 Å². The first-order valence-corrected chi connectivity index (χ1v) is 7.56. The average molecular weight is 325 g/mol. The molecule has 0 saturated heterocycles. The van der Waals surface area contributed by atoms with Gasteiger partial charge >= 0.3 is 5.97 Å². The number of nitrogens with one attached hydrogen (secondary N) is 1. The SMILES string of the molecule is O=C(O)CCCCC(=O)NCCc1cc(F)cc2c1OCOC2. The second-order valence-electron chi connectivity index (χ2n) is 5.36. The van der Waals surface area contributed by atoms with Crippen LogP contribution in [0.5, 0.6) is 5.75 Å². The maximum Gasteiger partial charge on any atom is 0.303 e. The summed E-state index contributed by atoms with van der Waals surface area (Å²) in [5, 5.41) is 11.3. The van der Waals surface area contributed by atoms with Crippen LogP contribution in [-0.4, -0.2) is 30.3 Å². The summed E-state index contributed by atoms with van der Waals surface area (Å²) in [6.07, 6.45) is 1.84. The van der Waals surface area contributed by atoms with Gasteiger partial charge in [0.1, 0.15) is 11.6 Å². The fraction of sp³-hybridized carbons (Fsp3) is 0.500. The number of aliphatic carboxylic acids is 1. The van der Waals surface area contributed by atoms with Crippen molar-refractivity contribution in [3.8, 4) is 5.75 Å². The van der Waals surface area contributed by atoms with Crippen molar-refractivity contribution in [3.63, 3.8) is 0 Å². The summed E-state index contributed by atoms with van der Waals surface area (Å²) >= 11 is 0. The van der Waals surface area contributed by atoms with Crippen LogP contribution in [0.25, 0.3) is 0 Å². The predicted molar refractivity (Wildman–Crippen MR) is 79.5 cm³/mol. The van der Waals surface area contributed by atoms with Gasteiger partial charge in [0.2, 0.25) is 5.91 Å². The van der Waals surface area contributed by atoms with Gasteiger partial charge in [-0.1, -0.05) is 0 Å². The van der Waals surface area contributed by atoms with Crippen LogP contribution in [0.1, 0.15) is 36.8 Å². The van der Waals surface area contributed by atoms with Crippen LogP contribution in [-0.2, 0) is 27.4 Å². The number of carboxylic acids is 1. The van der Waals surface area contributed by atoms with Crippen molar-refractivity contribution in [3.05, 3.63) is 29.1 Å². The topological polar surface area (TPSA) is 84.9 Å². The van der Waals surface area contributed by atoms with E-state index in [2.05, 4.69) is 5.32 Å². The predicted octanol–water partition coefficient (Wildman–Crippen LogP) is 2.00. The third-order valence-electron chi connectivity index (χ3n) is 3.51. The van der Waals surface area contributed by atoms with Gasteiger partial charge in [-0.25, -0.2) is 4.39 Å². The highest BCUT2D eigenvalue weighted by molar-refractivity contribution is 5.75. The van der Waals surface area contributed by atoms with E-state index in [0.717, 1.165) is 0 Å². The molecule has 7 heteroatoms. The minimum Gasteiger partial charge on any atom is -0.481 e. The van der Waals surface area contributed by atoms with Crippen molar-refractivity contribution in [1.82, 2.24) is 5.32 Å². The van der Waals surface area contributed by atoms with Crippen molar-refractivity contribution in [2.45, 2.75) is 38.7 Å². The van der Waals surface area contributed by atoms with Crippen LogP contribution >= 0.6 is 0 Å². The smallest absolute Gasteiger partial charge is 0.303 e. The standard InChI is InChI=1S/C16H20FNO5/c17-13-7-11(16-12(8-13)9-22-10-23-16)5-6-18-14(19)3-1-2-4-15(20)21/h7-8H,1-6,9-10H2,(H,18,19)(H,20,21). The lowest BCUT2D eigenvalue weighted by Gasteiger charge is -2.21. The summed E-state index contributed by atoms with van der Waals surface area (Å²) < 4.78 is 24.1. The molecule has 126 valence electrons. The van der Waals surface area contributed by atoms with Crippen molar-refractivity contribution >= 4 is 11.9 Å². The molecule has 0 unspecified atom stereocenters. The molecule has 0 aromatic heterocycles. The zero-order valence-electron chi connectivity index (χ0n) is 12.8. The van der Waals surface area contributed by atoms with Gasteiger partial charge in [0.05, 0.1) is 6.61 Å². The second kappa shape index (κ2) is 8.47. The van der Waals surface area contributed by atoms with Gasteiger partial charge in [0.25, 0.3) is 0 Å². The number of halogens is 1. The highest BCUT2D eigenvalue weighted by atomic mass is 19.1. The van der Waals surface area contributed by atoms with Crippen LogP contribution in [0, 0.1) is 5.82 Å². The van der Waals surface area contributed by atoms with E-state index in [-0.39, 0.29) is 24.9 Å². The van der Waals surface area contributed by atoms with Crippen molar-refractivity contribution in [2.24, 2.45) is 0 Å². The van der Waals surface area contributed by atoms with Crippen molar-refractivity contribution in [2.75, 3.05) is 13.3 Å². The molecule has 0 spiro atoms. The van der Waals surface area contributed by atoms with E-state index in [1.807, 2.05) is 0 Å². The van der Waals surface area contributed by atoms with Crippen LogP contribution in [0.2, 0.25) is 0 Å². The number of unbranched alkanes of at least 4 members (excludes halogenated alkanes) is 1. The summed E-state index contributed by atoms with van der Waals surface area (Å²) in [4.78, 5) is 22.0. The molecule has 1 heterocycles. The Labute approximate surface area is 133 Å². The van der Waals surface area contributed by atoms with Crippen molar-refractivity contribution < 1.29 is 28.6 Å². The van der Waals surface area contributed by atoms with Crippen LogP contribution in [0.4, 0.5) is 4.39 Å². The zero-order chi connectivity index (χ0) is 16.7. The van der Waals surface area contributed by atoms with E-state index in [9.17, 15) is 14.0 Å². The fourth-order valence-electron chi connectivity index (χ4n) is 2.43. The molecule has 0 saturated carbocycles. The molecule has 0 atom stereocenters. The van der Waals surface area contributed by atoms with Crippen molar-refractivity contribution in [1.29, 1.82) is 0 Å². The Kier molecular flexibility index (Phi) is 6.34. The molecule has 2 rings (SSSR count). The Balaban J connectivity index is 1.77. The molecule has 0 fully saturated rings. The van der Waals surface area contributed by atoms with E-state index < -0.39 is 5.97 Å². The molecule has 1 aliphatic rings. The summed E-state index contributed by atoms with van der Waals surface area (Å²) in [7, 11) is 0. The number of ether oxygens (including phenoxy) is 2. The number of hydrogen-bond acceptors (Lipinski definition) is 4. The quantitative estimate of drug-likeness (QED) is 0.714. The molecule has 0 aliphatic carbocycles. The summed E-state index contributed by atoms with van der Waals surface area (Å²) in [6.45, 7) is 0.829. The maximum atomic E-state index is 13.6. The highest BCUT2D eigenvalue weighted by Crippen LogP contribution is 2.29. The fourth-order valence-corrected chi connectivity index (χ4v) is 2.43. The molecule has 1 aliphatic heterocycles. The first-order chi connectivity index (χ1) is 11.1. The molecular weight excluding hydrogens is 305 g/mol. The molecule has 1 amide bonds. The van der Waals surface area contributed by atoms with Gasteiger partial charge in [-0.05, 0) is 37.0 Å². The third-order valence-corrected chi connectivity index (χ3v) is 3.51. The molecule has 23 heavy (non-hydrogen) atoms. The van der Waals surface area contributed by atoms with Crippen LogP contribution in [0.15, 0.2) is 12.1 Å². The van der Waals surface area contributed by atoms with E-state index >= 15 is 0 Å². The molecule has 0 radical (unpaired) electrons. The monoisotopic (exact) mass is 325 g/mol. The lowest BCUT2D eigenvalue weighted by atomic mass is 10.1. The Morgan fingerprint density at radius 3 is 2.83 bits per heavy atom. The molecule has 2 N–H and O–H groups in total. The molecular formula is C16H20FNO5. The van der Waals surface area contributed by atoms with Gasteiger partial charge in [-0.2, -0.15) is 0 Å². The van der Waals surface area contributed by atoms with Gasteiger partial charge < -0.3 is 19.9 Å². The number of hydrogen-bond donors (Lipinski definition) is 2. The first kappa shape index (κ1) is 17.2. The number of rotatable bonds is 8. The Hall–Kier alpha value is -2.15. The number of fused-ring (bicyclic) bond motifs is 1. The third kappa shape index (κ3) is 5.52. The van der Waals surface area contributed by atoms with E-state index in [1.54, 1.807) is 0 Å². The number of benzene rings is 1. The second-order valence-corrected chi connectivity index (χ2v) is 5.36. The van der Waals surface area contributed by atoms with Crippen LogP contribution < -0.4 is 10.1 Å². The van der Waals surface area contributed by atoms with Crippen LogP contribution in [0.3, 0.4) is 0 Å². The molecule has 1 aromatic carbocycles. The Morgan fingerprint density at radius 2 is 2.04 bits per heavy atom. The Morgan fingerprint density at radius 1 is 1.26 bits per heavy atom. The molecule has 0 bridgehead atoms. The van der Waals surface area contributed by atoms with Gasteiger partial charge in [-0.3, -0.25) is 9.59 Å². The van der Waals surface area contributed by atoms with E-state index in [1.165, 1.54) is 12.1 Å². The lowest BCUT2D eigenvalue weighted by Crippen LogP contribution is -2.26. The number of carbonyl (C=O) groups excluding carboxylic acids is 1. The first-order valence-electron chi connectivity index (χ1n) is 7.56. The molecule has 1 aromatic rings. The zero-order valence-corrected chi connectivity index (χ0v) is 12.8. The van der Waals surface area contributed by atoms with Gasteiger partial charge in [0, 0.05) is 24.9 Å². The number of carbonyl (C=O) groups is 2. The number of amides is 1. The minimum absolute atomic E-state index is 0.0715. The molecule has 6 nitrogen and oxygen atoms in total. The summed E-state index contributed by atoms with van der Waals surface area (Å²) in [5.41, 5.74) is 1.38. The van der Waals surface area contributed by atoms with E-state index in [0.29, 0.717) is 55.7 Å². The average Bonchev–Trinajstić information content (AvgIpc) is 2.51. The normalized spacial score (nSPS) is 13.1.